The lowest BCUT2D eigenvalue weighted by atomic mass is 10.1. The van der Waals surface area contributed by atoms with Gasteiger partial charge in [0.05, 0.1) is 0 Å². The summed E-state index contributed by atoms with van der Waals surface area (Å²) in [5, 5.41) is 3.44. The summed E-state index contributed by atoms with van der Waals surface area (Å²) in [5.74, 6) is 0. The third-order valence-electron chi connectivity index (χ3n) is 1.85. The first-order valence-electron chi connectivity index (χ1n) is 4.34. The molecule has 0 fully saturated rings. The SMILES string of the molecule is Cn1cccc1CNC(C)(C)C. The van der Waals surface area contributed by atoms with E-state index in [2.05, 4.69) is 56.0 Å². The predicted octanol–water partition coefficient (Wildman–Crippen LogP) is 1.91. The topological polar surface area (TPSA) is 17.0 Å². The molecule has 1 rings (SSSR count). The van der Waals surface area contributed by atoms with Crippen molar-refractivity contribution in [1.29, 1.82) is 0 Å². The average molecular weight is 166 g/mol. The molecule has 0 bridgehead atoms. The zero-order valence-corrected chi connectivity index (χ0v) is 8.39. The maximum absolute atomic E-state index is 3.44. The summed E-state index contributed by atoms with van der Waals surface area (Å²) in [6.07, 6.45) is 2.07. The summed E-state index contributed by atoms with van der Waals surface area (Å²) in [5.41, 5.74) is 1.52. The number of aryl methyl sites for hydroxylation is 1. The first-order valence-corrected chi connectivity index (χ1v) is 4.34. The second kappa shape index (κ2) is 3.31. The van der Waals surface area contributed by atoms with Gasteiger partial charge in [-0.05, 0) is 32.9 Å². The van der Waals surface area contributed by atoms with Crippen LogP contribution in [0.15, 0.2) is 18.3 Å². The largest absolute Gasteiger partial charge is 0.353 e. The molecule has 0 aliphatic heterocycles. The van der Waals surface area contributed by atoms with E-state index in [0.717, 1.165) is 6.54 Å². The van der Waals surface area contributed by atoms with Crippen molar-refractivity contribution in [3.63, 3.8) is 0 Å². The van der Waals surface area contributed by atoms with Crippen molar-refractivity contribution >= 4 is 0 Å². The molecular weight excluding hydrogens is 148 g/mol. The van der Waals surface area contributed by atoms with Crippen molar-refractivity contribution in [1.82, 2.24) is 9.88 Å². The molecule has 2 heteroatoms. The monoisotopic (exact) mass is 166 g/mol. The van der Waals surface area contributed by atoms with Gasteiger partial charge in [-0.1, -0.05) is 0 Å². The van der Waals surface area contributed by atoms with Gasteiger partial charge >= 0.3 is 0 Å². The normalized spacial score (nSPS) is 12.0. The fourth-order valence-electron chi connectivity index (χ4n) is 1.04. The molecule has 1 N–H and O–H groups in total. The maximum Gasteiger partial charge on any atom is 0.0363 e. The minimum Gasteiger partial charge on any atom is -0.353 e. The molecule has 2 nitrogen and oxygen atoms in total. The number of hydrogen-bond acceptors (Lipinski definition) is 1. The molecule has 1 aromatic rings. The van der Waals surface area contributed by atoms with E-state index in [9.17, 15) is 0 Å². The van der Waals surface area contributed by atoms with E-state index in [0.29, 0.717) is 0 Å². The molecule has 0 unspecified atom stereocenters. The van der Waals surface area contributed by atoms with Gasteiger partial charge in [-0.15, -0.1) is 0 Å². The van der Waals surface area contributed by atoms with Crippen molar-refractivity contribution in [3.8, 4) is 0 Å². The van der Waals surface area contributed by atoms with Gasteiger partial charge in [0.15, 0.2) is 0 Å². The van der Waals surface area contributed by atoms with Crippen LogP contribution in [-0.4, -0.2) is 10.1 Å². The Hall–Kier alpha value is -0.760. The summed E-state index contributed by atoms with van der Waals surface area (Å²) >= 11 is 0. The smallest absolute Gasteiger partial charge is 0.0363 e. The molecule has 12 heavy (non-hydrogen) atoms. The number of nitrogens with zero attached hydrogens (tertiary/aromatic N) is 1. The van der Waals surface area contributed by atoms with Crippen molar-refractivity contribution < 1.29 is 0 Å². The van der Waals surface area contributed by atoms with Crippen LogP contribution >= 0.6 is 0 Å². The zero-order chi connectivity index (χ0) is 9.19. The van der Waals surface area contributed by atoms with E-state index >= 15 is 0 Å². The van der Waals surface area contributed by atoms with Crippen LogP contribution in [0.4, 0.5) is 0 Å². The van der Waals surface area contributed by atoms with Gasteiger partial charge in [0, 0.05) is 31.0 Å². The minimum atomic E-state index is 0.199. The highest BCUT2D eigenvalue weighted by atomic mass is 15.0. The van der Waals surface area contributed by atoms with Crippen molar-refractivity contribution in [3.05, 3.63) is 24.0 Å². The van der Waals surface area contributed by atoms with E-state index in [1.165, 1.54) is 5.69 Å². The van der Waals surface area contributed by atoms with Gasteiger partial charge in [-0.25, -0.2) is 0 Å². The minimum absolute atomic E-state index is 0.199. The molecule has 0 saturated carbocycles. The molecule has 1 aromatic heterocycles. The first-order chi connectivity index (χ1) is 5.49. The van der Waals surface area contributed by atoms with Gasteiger partial charge in [0.25, 0.3) is 0 Å². The van der Waals surface area contributed by atoms with Crippen LogP contribution in [0, 0.1) is 0 Å². The third-order valence-corrected chi connectivity index (χ3v) is 1.85. The van der Waals surface area contributed by atoms with Crippen molar-refractivity contribution in [2.45, 2.75) is 32.9 Å². The second-order valence-corrected chi connectivity index (χ2v) is 4.21. The summed E-state index contributed by atoms with van der Waals surface area (Å²) in [7, 11) is 2.07. The zero-order valence-electron chi connectivity index (χ0n) is 8.39. The van der Waals surface area contributed by atoms with Gasteiger partial charge < -0.3 is 9.88 Å². The molecular formula is C10H18N2. The molecule has 0 amide bonds. The lowest BCUT2D eigenvalue weighted by Gasteiger charge is -2.20. The predicted molar refractivity (Wildman–Crippen MR) is 52.0 cm³/mol. The highest BCUT2D eigenvalue weighted by molar-refractivity contribution is 5.06. The fourth-order valence-corrected chi connectivity index (χ4v) is 1.04. The van der Waals surface area contributed by atoms with Crippen LogP contribution in [0.2, 0.25) is 0 Å². The quantitative estimate of drug-likeness (QED) is 0.710. The summed E-state index contributed by atoms with van der Waals surface area (Å²) < 4.78 is 2.14. The highest BCUT2D eigenvalue weighted by Gasteiger charge is 2.08. The number of hydrogen-bond donors (Lipinski definition) is 1. The molecule has 0 saturated heterocycles. The molecule has 0 atom stereocenters. The van der Waals surface area contributed by atoms with E-state index < -0.39 is 0 Å². The molecule has 0 aliphatic rings. The standard InChI is InChI=1S/C10H18N2/c1-10(2,3)11-8-9-6-5-7-12(9)4/h5-7,11H,8H2,1-4H3. The highest BCUT2D eigenvalue weighted by Crippen LogP contribution is 2.03. The Balaban J connectivity index is 2.49. The van der Waals surface area contributed by atoms with E-state index in [1.54, 1.807) is 0 Å². The summed E-state index contributed by atoms with van der Waals surface area (Å²) in [6.45, 7) is 7.47. The fraction of sp³-hybridized carbons (Fsp3) is 0.600. The molecule has 0 aromatic carbocycles. The van der Waals surface area contributed by atoms with Crippen LogP contribution < -0.4 is 5.32 Å². The average Bonchev–Trinajstić information content (AvgIpc) is 2.29. The first kappa shape index (κ1) is 9.33. The second-order valence-electron chi connectivity index (χ2n) is 4.21. The van der Waals surface area contributed by atoms with Gasteiger partial charge in [0.2, 0.25) is 0 Å². The molecule has 0 spiro atoms. The third kappa shape index (κ3) is 2.70. The van der Waals surface area contributed by atoms with Crippen LogP contribution in [-0.2, 0) is 13.6 Å². The Morgan fingerprint density at radius 3 is 2.50 bits per heavy atom. The van der Waals surface area contributed by atoms with Crippen molar-refractivity contribution in [2.24, 2.45) is 7.05 Å². The van der Waals surface area contributed by atoms with E-state index in [-0.39, 0.29) is 5.54 Å². The maximum atomic E-state index is 3.44. The Labute approximate surface area is 74.6 Å². The lowest BCUT2D eigenvalue weighted by molar-refractivity contribution is 0.418. The molecule has 0 aliphatic carbocycles. The van der Waals surface area contributed by atoms with Crippen LogP contribution in [0.1, 0.15) is 26.5 Å². The Kier molecular flexibility index (Phi) is 2.58. The summed E-state index contributed by atoms with van der Waals surface area (Å²) in [6, 6.07) is 4.21. The van der Waals surface area contributed by atoms with E-state index in [1.807, 2.05) is 0 Å². The van der Waals surface area contributed by atoms with Crippen LogP contribution in [0.5, 0.6) is 0 Å². The number of nitrogens with one attached hydrogen (secondary N) is 1. The van der Waals surface area contributed by atoms with E-state index in [4.69, 9.17) is 0 Å². The van der Waals surface area contributed by atoms with Crippen LogP contribution in [0.3, 0.4) is 0 Å². The Morgan fingerprint density at radius 2 is 2.08 bits per heavy atom. The van der Waals surface area contributed by atoms with Crippen LogP contribution in [0.25, 0.3) is 0 Å². The Bertz CT molecular complexity index is 243. The Morgan fingerprint density at radius 1 is 1.42 bits per heavy atom. The van der Waals surface area contributed by atoms with Gasteiger partial charge in [-0.2, -0.15) is 0 Å². The van der Waals surface area contributed by atoms with Crippen molar-refractivity contribution in [2.75, 3.05) is 0 Å². The molecule has 1 heterocycles. The number of rotatable bonds is 2. The molecule has 0 radical (unpaired) electrons. The number of aromatic nitrogens is 1. The molecule has 68 valence electrons. The van der Waals surface area contributed by atoms with Gasteiger partial charge in [0.1, 0.15) is 0 Å². The lowest BCUT2D eigenvalue weighted by Crippen LogP contribution is -2.35. The van der Waals surface area contributed by atoms with Gasteiger partial charge in [-0.3, -0.25) is 0 Å². The summed E-state index contributed by atoms with van der Waals surface area (Å²) in [4.78, 5) is 0.